The van der Waals surface area contributed by atoms with Crippen LogP contribution in [0.3, 0.4) is 0 Å². The van der Waals surface area contributed by atoms with Crippen molar-refractivity contribution >= 4 is 12.9 Å². The second-order valence-electron chi connectivity index (χ2n) is 6.36. The molecule has 0 N–H and O–H groups in total. The van der Waals surface area contributed by atoms with Crippen LogP contribution < -0.4 is 0 Å². The van der Waals surface area contributed by atoms with E-state index in [0.29, 0.717) is 12.9 Å². The molecule has 0 radical (unpaired) electrons. The molecule has 0 saturated heterocycles. The quantitative estimate of drug-likeness (QED) is 0.568. The van der Waals surface area contributed by atoms with Gasteiger partial charge in [0, 0.05) is 0 Å². The van der Waals surface area contributed by atoms with Crippen molar-refractivity contribution in [2.24, 2.45) is 0 Å². The third-order valence-corrected chi connectivity index (χ3v) is 10.0. The van der Waals surface area contributed by atoms with Gasteiger partial charge >= 0.3 is 130 Å². The molecule has 114 valence electrons. The molecular formula is C16H22O4Ti. The van der Waals surface area contributed by atoms with Gasteiger partial charge < -0.3 is 0 Å². The van der Waals surface area contributed by atoms with E-state index in [1.807, 2.05) is 5.23 Å². The number of rotatable bonds is 5. The number of hydrogen-bond donors (Lipinski definition) is 0. The first-order valence-corrected chi connectivity index (χ1v) is 11.6. The van der Waals surface area contributed by atoms with Gasteiger partial charge in [0.05, 0.1) is 0 Å². The van der Waals surface area contributed by atoms with Crippen LogP contribution in [-0.4, -0.2) is 12.9 Å². The first-order valence-electron chi connectivity index (χ1n) is 7.85. The minimum atomic E-state index is -3.40. The molecule has 3 aliphatic rings. The van der Waals surface area contributed by atoms with Crippen LogP contribution in [0.5, 0.6) is 0 Å². The maximum absolute atomic E-state index is 10.9. The first kappa shape index (κ1) is 15.0. The molecule has 5 heteroatoms. The average molecular weight is 326 g/mol. The third kappa shape index (κ3) is 2.64. The maximum atomic E-state index is 10.9. The summed E-state index contributed by atoms with van der Waals surface area (Å²) in [5.74, 6) is 0. The molecule has 3 rings (SSSR count). The Morgan fingerprint density at radius 3 is 2.38 bits per heavy atom. The van der Waals surface area contributed by atoms with E-state index in [1.54, 1.807) is 11.1 Å². The zero-order chi connectivity index (χ0) is 14.9. The summed E-state index contributed by atoms with van der Waals surface area (Å²) in [6.07, 6.45) is 9.25. The summed E-state index contributed by atoms with van der Waals surface area (Å²) in [6.45, 7) is 0.946. The third-order valence-electron chi connectivity index (χ3n) is 5.28. The summed E-state index contributed by atoms with van der Waals surface area (Å²) in [5.41, 5.74) is 6.13. The molecule has 0 saturated carbocycles. The molecule has 3 aliphatic carbocycles. The molecule has 4 nitrogen and oxygen atoms in total. The molecule has 0 heterocycles. The van der Waals surface area contributed by atoms with Gasteiger partial charge in [0.25, 0.3) is 0 Å². The number of carbonyl (C=O) groups excluding carboxylic acids is 2. The van der Waals surface area contributed by atoms with Crippen molar-refractivity contribution in [3.8, 4) is 0 Å². The Bertz CT molecular complexity index is 510. The van der Waals surface area contributed by atoms with Crippen LogP contribution in [0.1, 0.15) is 51.4 Å². The van der Waals surface area contributed by atoms with E-state index >= 15 is 0 Å². The van der Waals surface area contributed by atoms with Gasteiger partial charge in [0.2, 0.25) is 0 Å². The van der Waals surface area contributed by atoms with Crippen LogP contribution in [0.15, 0.2) is 22.3 Å². The Labute approximate surface area is 129 Å². The standard InChI is InChI=1S/C13H17.2CH2O2.CH3.Ti/c1-3-7-12-10(5-1)9-11-6-2-4-8-13(11)12;2*2-1-3;;/h5H,1-4,6-9H2;2*1H,(H,2,3);1H3;/q;;;;+2/p-2. The van der Waals surface area contributed by atoms with Gasteiger partial charge in [-0.05, 0) is 0 Å². The van der Waals surface area contributed by atoms with Crippen LogP contribution in [0, 0.1) is 0 Å². The summed E-state index contributed by atoms with van der Waals surface area (Å²) in [6, 6.07) is 0. The summed E-state index contributed by atoms with van der Waals surface area (Å²) in [4.78, 5) is 21.8. The summed E-state index contributed by atoms with van der Waals surface area (Å²) < 4.78 is 10.9. The van der Waals surface area contributed by atoms with Crippen molar-refractivity contribution in [3.05, 3.63) is 22.3 Å². The Hall–Kier alpha value is -0.866. The fourth-order valence-corrected chi connectivity index (χ4v) is 8.08. The van der Waals surface area contributed by atoms with Gasteiger partial charge in [-0.25, -0.2) is 0 Å². The second kappa shape index (κ2) is 6.09. The molecule has 1 unspecified atom stereocenters. The van der Waals surface area contributed by atoms with Crippen molar-refractivity contribution in [3.63, 3.8) is 0 Å². The molecule has 0 fully saturated rings. The van der Waals surface area contributed by atoms with Crippen molar-refractivity contribution in [1.82, 2.24) is 0 Å². The minimum absolute atomic E-state index is 0.176. The molecule has 0 aliphatic heterocycles. The molecule has 1 atom stereocenters. The van der Waals surface area contributed by atoms with E-state index in [0.717, 1.165) is 25.7 Å². The van der Waals surface area contributed by atoms with E-state index in [2.05, 4.69) is 0 Å². The molecule has 0 aromatic rings. The van der Waals surface area contributed by atoms with E-state index in [1.165, 1.54) is 36.8 Å². The van der Waals surface area contributed by atoms with Gasteiger partial charge in [0.1, 0.15) is 0 Å². The van der Waals surface area contributed by atoms with E-state index < -0.39 is 17.4 Å². The number of hydrogen-bond acceptors (Lipinski definition) is 4. The van der Waals surface area contributed by atoms with E-state index in [-0.39, 0.29) is 4.22 Å². The molecule has 0 amide bonds. The SMILES string of the molecule is [CH3][Ti]([O]C=O)([O]C=O)[CH]1CCCC2=C1CC1=C2CCCC1. The average Bonchev–Trinajstić information content (AvgIpc) is 2.86. The van der Waals surface area contributed by atoms with Crippen molar-refractivity contribution in [2.75, 3.05) is 0 Å². The normalized spacial score (nSPS) is 25.3. The molecular weight excluding hydrogens is 304 g/mol. The number of carbonyl (C=O) groups is 2. The van der Waals surface area contributed by atoms with Crippen LogP contribution in [0.4, 0.5) is 0 Å². The molecule has 21 heavy (non-hydrogen) atoms. The van der Waals surface area contributed by atoms with E-state index in [9.17, 15) is 9.59 Å². The van der Waals surface area contributed by atoms with Crippen LogP contribution in [-0.2, 0) is 33.6 Å². The van der Waals surface area contributed by atoms with Crippen LogP contribution in [0.2, 0.25) is 9.45 Å². The van der Waals surface area contributed by atoms with E-state index in [4.69, 9.17) is 6.64 Å². The fourth-order valence-electron chi connectivity index (χ4n) is 4.32. The number of allylic oxidation sites excluding steroid dienone is 4. The topological polar surface area (TPSA) is 52.6 Å². The Kier molecular flexibility index (Phi) is 4.37. The second-order valence-corrected chi connectivity index (χ2v) is 11.4. The Balaban J connectivity index is 1.92. The summed E-state index contributed by atoms with van der Waals surface area (Å²) >= 11 is -3.40. The first-order chi connectivity index (χ1) is 10.2. The van der Waals surface area contributed by atoms with Crippen LogP contribution in [0.25, 0.3) is 0 Å². The molecule has 0 aromatic heterocycles. The molecule has 0 bridgehead atoms. The summed E-state index contributed by atoms with van der Waals surface area (Å²) in [5, 5.41) is 1.89. The monoisotopic (exact) mass is 326 g/mol. The fraction of sp³-hybridized carbons (Fsp3) is 0.625. The Morgan fingerprint density at radius 1 is 1.00 bits per heavy atom. The van der Waals surface area contributed by atoms with Gasteiger partial charge in [-0.1, -0.05) is 0 Å². The summed E-state index contributed by atoms with van der Waals surface area (Å²) in [7, 11) is 0. The molecule has 0 spiro atoms. The van der Waals surface area contributed by atoms with Gasteiger partial charge in [0.15, 0.2) is 0 Å². The van der Waals surface area contributed by atoms with Crippen molar-refractivity contribution in [1.29, 1.82) is 0 Å². The van der Waals surface area contributed by atoms with Crippen LogP contribution >= 0.6 is 0 Å². The Morgan fingerprint density at radius 2 is 1.67 bits per heavy atom. The predicted octanol–water partition coefficient (Wildman–Crippen LogP) is 3.91. The predicted molar refractivity (Wildman–Crippen MR) is 74.9 cm³/mol. The van der Waals surface area contributed by atoms with Gasteiger partial charge in [-0.3, -0.25) is 0 Å². The van der Waals surface area contributed by atoms with Crippen molar-refractivity contribution in [2.45, 2.75) is 60.8 Å². The van der Waals surface area contributed by atoms with Gasteiger partial charge in [-0.15, -0.1) is 0 Å². The zero-order valence-electron chi connectivity index (χ0n) is 12.5. The number of fused-ring (bicyclic) bond motifs is 1. The van der Waals surface area contributed by atoms with Gasteiger partial charge in [-0.2, -0.15) is 0 Å². The molecule has 0 aromatic carbocycles. The zero-order valence-corrected chi connectivity index (χ0v) is 14.1. The van der Waals surface area contributed by atoms with Crippen molar-refractivity contribution < 1.29 is 33.6 Å².